The first-order valence-corrected chi connectivity index (χ1v) is 11.1. The van der Waals surface area contributed by atoms with Gasteiger partial charge in [-0.2, -0.15) is 0 Å². The molecule has 28 heavy (non-hydrogen) atoms. The van der Waals surface area contributed by atoms with Crippen LogP contribution in [-0.4, -0.2) is 34.9 Å². The van der Waals surface area contributed by atoms with Gasteiger partial charge < -0.3 is 4.74 Å². The van der Waals surface area contributed by atoms with E-state index in [0.29, 0.717) is 0 Å². The fraction of sp³-hybridized carbons (Fsp3) is 0.250. The number of ether oxygens (including phenoxy) is 1. The van der Waals surface area contributed by atoms with Gasteiger partial charge in [0, 0.05) is 17.8 Å². The van der Waals surface area contributed by atoms with Crippen molar-refractivity contribution in [1.29, 1.82) is 0 Å². The number of sulfonamides is 2. The van der Waals surface area contributed by atoms with E-state index in [4.69, 9.17) is 4.74 Å². The lowest BCUT2D eigenvalue weighted by Gasteiger charge is -2.10. The Balaban J connectivity index is 1.82. The summed E-state index contributed by atoms with van der Waals surface area (Å²) in [5.41, 5.74) is -0.373. The maximum atomic E-state index is 12.5. The molecule has 0 unspecified atom stereocenters. The van der Waals surface area contributed by atoms with Gasteiger partial charge in [-0.1, -0.05) is 0 Å². The van der Waals surface area contributed by atoms with Crippen LogP contribution < -0.4 is 14.2 Å². The summed E-state index contributed by atoms with van der Waals surface area (Å²) in [6.07, 6.45) is 1.59. The van der Waals surface area contributed by atoms with E-state index in [-0.39, 0.29) is 27.3 Å². The molecule has 1 saturated carbocycles. The summed E-state index contributed by atoms with van der Waals surface area (Å²) in [6, 6.07) is 8.36. The fourth-order valence-corrected chi connectivity index (χ4v) is 4.77. The van der Waals surface area contributed by atoms with Gasteiger partial charge >= 0.3 is 5.69 Å². The van der Waals surface area contributed by atoms with Crippen molar-refractivity contribution in [3.8, 4) is 5.75 Å². The molecule has 1 fully saturated rings. The Labute approximate surface area is 161 Å². The molecule has 0 heterocycles. The third kappa shape index (κ3) is 4.40. The molecule has 0 bridgehead atoms. The van der Waals surface area contributed by atoms with Crippen LogP contribution in [-0.2, 0) is 20.0 Å². The number of nitro benzene ring substituents is 1. The summed E-state index contributed by atoms with van der Waals surface area (Å²) in [5.74, 6) is -0.0679. The third-order valence-corrected chi connectivity index (χ3v) is 6.89. The van der Waals surface area contributed by atoms with Gasteiger partial charge in [0.05, 0.1) is 21.8 Å². The van der Waals surface area contributed by atoms with Gasteiger partial charge in [0.2, 0.25) is 10.0 Å². The predicted octanol–water partition coefficient (Wildman–Crippen LogP) is 1.84. The number of methoxy groups -OCH3 is 1. The summed E-state index contributed by atoms with van der Waals surface area (Å²) >= 11 is 0. The second-order valence-corrected chi connectivity index (χ2v) is 9.51. The van der Waals surface area contributed by atoms with Crippen molar-refractivity contribution in [1.82, 2.24) is 4.72 Å². The molecule has 0 amide bonds. The van der Waals surface area contributed by atoms with Crippen LogP contribution in [0.1, 0.15) is 12.8 Å². The minimum Gasteiger partial charge on any atom is -0.490 e. The van der Waals surface area contributed by atoms with Crippen LogP contribution in [0.2, 0.25) is 0 Å². The van der Waals surface area contributed by atoms with Gasteiger partial charge in [-0.15, -0.1) is 0 Å². The number of hydrogen-bond donors (Lipinski definition) is 2. The highest BCUT2D eigenvalue weighted by atomic mass is 32.2. The first-order chi connectivity index (χ1) is 13.1. The Bertz CT molecular complexity index is 1110. The zero-order valence-electron chi connectivity index (χ0n) is 14.7. The van der Waals surface area contributed by atoms with Crippen molar-refractivity contribution in [2.24, 2.45) is 0 Å². The molecule has 1 aliphatic rings. The summed E-state index contributed by atoms with van der Waals surface area (Å²) in [6.45, 7) is 0. The van der Waals surface area contributed by atoms with Crippen molar-refractivity contribution in [3.63, 3.8) is 0 Å². The predicted molar refractivity (Wildman–Crippen MR) is 100 cm³/mol. The van der Waals surface area contributed by atoms with Crippen LogP contribution in [0.4, 0.5) is 11.4 Å². The standard InChI is InChI=1S/C16H17N3O7S2/c1-26-16-9-8-14(10-15(16)19(20)21)28(24,25)18-12-4-6-13(7-5-12)27(22,23)17-11-2-3-11/h4-11,17-18H,2-3H2,1H3. The Morgan fingerprint density at radius 3 is 2.14 bits per heavy atom. The zero-order valence-corrected chi connectivity index (χ0v) is 16.3. The second kappa shape index (κ2) is 7.37. The van der Waals surface area contributed by atoms with Crippen LogP contribution >= 0.6 is 0 Å². The van der Waals surface area contributed by atoms with Crippen molar-refractivity contribution < 1.29 is 26.5 Å². The molecule has 0 radical (unpaired) electrons. The first-order valence-electron chi connectivity index (χ1n) is 8.10. The number of benzene rings is 2. The van der Waals surface area contributed by atoms with E-state index in [2.05, 4.69) is 9.44 Å². The van der Waals surface area contributed by atoms with Crippen molar-refractivity contribution in [3.05, 3.63) is 52.6 Å². The lowest BCUT2D eigenvalue weighted by Crippen LogP contribution is -2.25. The normalized spacial score (nSPS) is 14.5. The van der Waals surface area contributed by atoms with Crippen LogP contribution in [0, 0.1) is 10.1 Å². The highest BCUT2D eigenvalue weighted by molar-refractivity contribution is 7.92. The maximum absolute atomic E-state index is 12.5. The highest BCUT2D eigenvalue weighted by Crippen LogP contribution is 2.30. The molecule has 12 heteroatoms. The van der Waals surface area contributed by atoms with Gasteiger partial charge in [-0.05, 0) is 49.2 Å². The van der Waals surface area contributed by atoms with Crippen LogP contribution in [0.25, 0.3) is 0 Å². The van der Waals surface area contributed by atoms with E-state index >= 15 is 0 Å². The lowest BCUT2D eigenvalue weighted by atomic mass is 10.3. The molecule has 3 rings (SSSR count). The SMILES string of the molecule is COc1ccc(S(=O)(=O)Nc2ccc(S(=O)(=O)NC3CC3)cc2)cc1[N+](=O)[O-]. The number of anilines is 1. The van der Waals surface area contributed by atoms with Gasteiger partial charge in [0.25, 0.3) is 10.0 Å². The quantitative estimate of drug-likeness (QED) is 0.483. The summed E-state index contributed by atoms with van der Waals surface area (Å²) in [4.78, 5) is 10.0. The van der Waals surface area contributed by atoms with E-state index < -0.39 is 30.7 Å². The molecule has 1 aliphatic carbocycles. The fourth-order valence-electron chi connectivity index (χ4n) is 2.38. The number of nitro groups is 1. The Hall–Kier alpha value is -2.70. The van der Waals surface area contributed by atoms with Gasteiger partial charge in [-0.3, -0.25) is 14.8 Å². The Morgan fingerprint density at radius 1 is 1.00 bits per heavy atom. The van der Waals surface area contributed by atoms with E-state index in [9.17, 15) is 26.9 Å². The molecule has 2 aromatic carbocycles. The van der Waals surface area contributed by atoms with Gasteiger partial charge in [-0.25, -0.2) is 21.6 Å². The number of nitrogens with one attached hydrogen (secondary N) is 2. The Morgan fingerprint density at radius 2 is 1.61 bits per heavy atom. The minimum absolute atomic E-state index is 0.0161. The number of nitrogens with zero attached hydrogens (tertiary/aromatic N) is 1. The van der Waals surface area contributed by atoms with Crippen molar-refractivity contribution in [2.45, 2.75) is 28.7 Å². The monoisotopic (exact) mass is 427 g/mol. The molecule has 0 saturated heterocycles. The second-order valence-electron chi connectivity index (χ2n) is 6.12. The molecule has 0 atom stereocenters. The topological polar surface area (TPSA) is 145 Å². The molecule has 2 aromatic rings. The largest absolute Gasteiger partial charge is 0.490 e. The molecule has 2 N–H and O–H groups in total. The minimum atomic E-state index is -4.13. The molecule has 0 aliphatic heterocycles. The van der Waals surface area contributed by atoms with Gasteiger partial charge in [0.1, 0.15) is 0 Å². The van der Waals surface area contributed by atoms with E-state index in [0.717, 1.165) is 18.9 Å². The average molecular weight is 427 g/mol. The summed E-state index contributed by atoms with van der Waals surface area (Å²) in [5, 5.41) is 11.1. The lowest BCUT2D eigenvalue weighted by molar-refractivity contribution is -0.386. The zero-order chi connectivity index (χ0) is 20.5. The van der Waals surface area contributed by atoms with E-state index in [1.165, 1.54) is 43.5 Å². The van der Waals surface area contributed by atoms with Crippen LogP contribution in [0.15, 0.2) is 52.3 Å². The molecule has 0 aromatic heterocycles. The molecule has 150 valence electrons. The van der Waals surface area contributed by atoms with Gasteiger partial charge in [0.15, 0.2) is 5.75 Å². The van der Waals surface area contributed by atoms with Crippen LogP contribution in [0.3, 0.4) is 0 Å². The smallest absolute Gasteiger partial charge is 0.312 e. The van der Waals surface area contributed by atoms with Crippen molar-refractivity contribution >= 4 is 31.4 Å². The third-order valence-electron chi connectivity index (χ3n) is 3.97. The highest BCUT2D eigenvalue weighted by Gasteiger charge is 2.28. The molecular formula is C16H17N3O7S2. The maximum Gasteiger partial charge on any atom is 0.312 e. The summed E-state index contributed by atoms with van der Waals surface area (Å²) in [7, 11) is -6.54. The van der Waals surface area contributed by atoms with Crippen molar-refractivity contribution in [2.75, 3.05) is 11.8 Å². The van der Waals surface area contributed by atoms with E-state index in [1.807, 2.05) is 0 Å². The number of rotatable bonds is 8. The molecular weight excluding hydrogens is 410 g/mol. The van der Waals surface area contributed by atoms with Crippen LogP contribution in [0.5, 0.6) is 5.75 Å². The summed E-state index contributed by atoms with van der Waals surface area (Å²) < 4.78 is 58.9. The first kappa shape index (κ1) is 20.0. The molecule has 0 spiro atoms. The molecule has 10 nitrogen and oxygen atoms in total. The average Bonchev–Trinajstić information content (AvgIpc) is 3.44. The Kier molecular flexibility index (Phi) is 5.28. The van der Waals surface area contributed by atoms with E-state index in [1.54, 1.807) is 0 Å². The number of hydrogen-bond acceptors (Lipinski definition) is 7.